The van der Waals surface area contributed by atoms with Crippen LogP contribution in [0, 0.1) is 5.82 Å². The highest BCUT2D eigenvalue weighted by atomic mass is 79.9. The highest BCUT2D eigenvalue weighted by Crippen LogP contribution is 2.24. The standard InChI is InChI=1S/C13H15BrFNO3S/c1-19-9-10-4-6-16(7-5-10)20(17,18)13-3-2-11(14)8-12(13)15/h2-4,8H,5-7,9H2,1H3. The van der Waals surface area contributed by atoms with Crippen LogP contribution in [0.15, 0.2) is 39.2 Å². The van der Waals surface area contributed by atoms with Crippen LogP contribution in [0.4, 0.5) is 4.39 Å². The SMILES string of the molecule is COCC1=CCN(S(=O)(=O)c2ccc(Br)cc2F)CC1. The molecule has 7 heteroatoms. The largest absolute Gasteiger partial charge is 0.380 e. The van der Waals surface area contributed by atoms with Crippen molar-refractivity contribution in [1.29, 1.82) is 0 Å². The number of methoxy groups -OCH3 is 1. The quantitative estimate of drug-likeness (QED) is 0.772. The molecule has 0 spiro atoms. The minimum atomic E-state index is -3.80. The van der Waals surface area contributed by atoms with Gasteiger partial charge in [-0.05, 0) is 30.2 Å². The Hall–Kier alpha value is -0.760. The summed E-state index contributed by atoms with van der Waals surface area (Å²) < 4.78 is 45.4. The molecule has 0 unspecified atom stereocenters. The Morgan fingerprint density at radius 3 is 2.75 bits per heavy atom. The maximum absolute atomic E-state index is 13.8. The molecule has 20 heavy (non-hydrogen) atoms. The van der Waals surface area contributed by atoms with Crippen molar-refractivity contribution in [1.82, 2.24) is 4.31 Å². The van der Waals surface area contributed by atoms with E-state index in [9.17, 15) is 12.8 Å². The first-order chi connectivity index (χ1) is 9.45. The zero-order chi connectivity index (χ0) is 14.8. The molecule has 2 rings (SSSR count). The van der Waals surface area contributed by atoms with Gasteiger partial charge in [0.1, 0.15) is 10.7 Å². The molecule has 1 aromatic rings. The normalized spacial score (nSPS) is 17.1. The summed E-state index contributed by atoms with van der Waals surface area (Å²) in [4.78, 5) is -0.288. The molecular weight excluding hydrogens is 349 g/mol. The van der Waals surface area contributed by atoms with E-state index in [0.29, 0.717) is 24.0 Å². The van der Waals surface area contributed by atoms with E-state index in [-0.39, 0.29) is 11.4 Å². The van der Waals surface area contributed by atoms with Gasteiger partial charge >= 0.3 is 0 Å². The molecule has 0 atom stereocenters. The Balaban J connectivity index is 2.24. The number of rotatable bonds is 4. The number of benzene rings is 1. The molecule has 0 saturated carbocycles. The lowest BCUT2D eigenvalue weighted by Gasteiger charge is -2.25. The number of ether oxygens (including phenoxy) is 1. The number of hydrogen-bond acceptors (Lipinski definition) is 3. The van der Waals surface area contributed by atoms with Gasteiger partial charge in [0.25, 0.3) is 0 Å². The average Bonchev–Trinajstić information content (AvgIpc) is 2.39. The zero-order valence-electron chi connectivity index (χ0n) is 11.0. The van der Waals surface area contributed by atoms with Crippen LogP contribution < -0.4 is 0 Å². The Labute approximate surface area is 126 Å². The third kappa shape index (κ3) is 3.28. The summed E-state index contributed by atoms with van der Waals surface area (Å²) in [5.41, 5.74) is 1.07. The van der Waals surface area contributed by atoms with Gasteiger partial charge in [-0.1, -0.05) is 22.0 Å². The van der Waals surface area contributed by atoms with Gasteiger partial charge in [-0.15, -0.1) is 0 Å². The molecule has 0 aromatic heterocycles. The number of nitrogens with zero attached hydrogens (tertiary/aromatic N) is 1. The van der Waals surface area contributed by atoms with Crippen LogP contribution in [0.25, 0.3) is 0 Å². The monoisotopic (exact) mass is 363 g/mol. The van der Waals surface area contributed by atoms with E-state index < -0.39 is 15.8 Å². The molecule has 1 heterocycles. The summed E-state index contributed by atoms with van der Waals surface area (Å²) in [6.45, 7) is 1.09. The minimum Gasteiger partial charge on any atom is -0.380 e. The van der Waals surface area contributed by atoms with E-state index >= 15 is 0 Å². The van der Waals surface area contributed by atoms with E-state index in [1.54, 1.807) is 7.11 Å². The molecule has 0 N–H and O–H groups in total. The van der Waals surface area contributed by atoms with Gasteiger partial charge in [-0.3, -0.25) is 0 Å². The average molecular weight is 364 g/mol. The molecule has 0 radical (unpaired) electrons. The van der Waals surface area contributed by atoms with E-state index in [4.69, 9.17) is 4.74 Å². The molecule has 4 nitrogen and oxygen atoms in total. The second-order valence-corrected chi connectivity index (χ2v) is 7.31. The Morgan fingerprint density at radius 2 is 2.20 bits per heavy atom. The molecule has 1 aromatic carbocycles. The number of sulfonamides is 1. The molecule has 1 aliphatic heterocycles. The van der Waals surface area contributed by atoms with Crippen LogP contribution in [0.3, 0.4) is 0 Å². The Bertz CT molecular complexity index is 631. The van der Waals surface area contributed by atoms with Crippen molar-refractivity contribution in [2.24, 2.45) is 0 Å². The predicted molar refractivity (Wildman–Crippen MR) is 77.4 cm³/mol. The summed E-state index contributed by atoms with van der Waals surface area (Å²) in [6, 6.07) is 3.96. The van der Waals surface area contributed by atoms with Gasteiger partial charge in [-0.2, -0.15) is 4.31 Å². The van der Waals surface area contributed by atoms with Gasteiger partial charge in [0.05, 0.1) is 6.61 Å². The van der Waals surface area contributed by atoms with Gasteiger partial charge in [-0.25, -0.2) is 12.8 Å². The summed E-state index contributed by atoms with van der Waals surface area (Å²) in [6.07, 6.45) is 2.42. The van der Waals surface area contributed by atoms with Crippen molar-refractivity contribution in [3.63, 3.8) is 0 Å². The first-order valence-electron chi connectivity index (χ1n) is 6.07. The van der Waals surface area contributed by atoms with Gasteiger partial charge in [0.15, 0.2) is 0 Å². The fraction of sp³-hybridized carbons (Fsp3) is 0.385. The fourth-order valence-electron chi connectivity index (χ4n) is 2.05. The van der Waals surface area contributed by atoms with Crippen LogP contribution in [-0.2, 0) is 14.8 Å². The lowest BCUT2D eigenvalue weighted by Crippen LogP contribution is -2.35. The van der Waals surface area contributed by atoms with Crippen molar-refractivity contribution >= 4 is 26.0 Å². The third-order valence-electron chi connectivity index (χ3n) is 3.11. The number of hydrogen-bond donors (Lipinski definition) is 0. The first kappa shape index (κ1) is 15.6. The highest BCUT2D eigenvalue weighted by molar-refractivity contribution is 9.10. The zero-order valence-corrected chi connectivity index (χ0v) is 13.4. The van der Waals surface area contributed by atoms with Crippen molar-refractivity contribution in [3.8, 4) is 0 Å². The second kappa shape index (κ2) is 6.34. The van der Waals surface area contributed by atoms with E-state index in [2.05, 4.69) is 15.9 Å². The lowest BCUT2D eigenvalue weighted by atomic mass is 10.1. The van der Waals surface area contributed by atoms with Gasteiger partial charge < -0.3 is 4.74 Å². The topological polar surface area (TPSA) is 46.6 Å². The fourth-order valence-corrected chi connectivity index (χ4v) is 3.81. The number of halogens is 2. The van der Waals surface area contributed by atoms with Gasteiger partial charge in [0, 0.05) is 24.7 Å². The van der Waals surface area contributed by atoms with Crippen molar-refractivity contribution in [3.05, 3.63) is 40.1 Å². The summed E-state index contributed by atoms with van der Waals surface area (Å²) in [5, 5.41) is 0. The Kier molecular flexibility index (Phi) is 4.95. The van der Waals surface area contributed by atoms with E-state index in [0.717, 1.165) is 11.6 Å². The van der Waals surface area contributed by atoms with Crippen LogP contribution in [0.5, 0.6) is 0 Å². The second-order valence-electron chi connectivity index (χ2n) is 4.48. The smallest absolute Gasteiger partial charge is 0.246 e. The van der Waals surface area contributed by atoms with Crippen molar-refractivity contribution < 1.29 is 17.5 Å². The summed E-state index contributed by atoms with van der Waals surface area (Å²) in [5.74, 6) is -0.744. The van der Waals surface area contributed by atoms with Crippen LogP contribution in [0.2, 0.25) is 0 Å². The van der Waals surface area contributed by atoms with E-state index in [1.807, 2.05) is 6.08 Å². The highest BCUT2D eigenvalue weighted by Gasteiger charge is 2.28. The molecule has 1 aliphatic rings. The first-order valence-corrected chi connectivity index (χ1v) is 8.30. The van der Waals surface area contributed by atoms with E-state index in [1.165, 1.54) is 16.4 Å². The molecule has 110 valence electrons. The summed E-state index contributed by atoms with van der Waals surface area (Å²) >= 11 is 3.11. The molecule has 0 amide bonds. The van der Waals surface area contributed by atoms with Crippen LogP contribution >= 0.6 is 15.9 Å². The minimum absolute atomic E-state index is 0.247. The lowest BCUT2D eigenvalue weighted by molar-refractivity contribution is 0.219. The Morgan fingerprint density at radius 1 is 1.45 bits per heavy atom. The van der Waals surface area contributed by atoms with Crippen molar-refractivity contribution in [2.45, 2.75) is 11.3 Å². The van der Waals surface area contributed by atoms with Crippen molar-refractivity contribution in [2.75, 3.05) is 26.8 Å². The third-order valence-corrected chi connectivity index (χ3v) is 5.50. The molecule has 0 saturated heterocycles. The molecular formula is C13H15BrFNO3S. The maximum atomic E-state index is 13.8. The maximum Gasteiger partial charge on any atom is 0.246 e. The van der Waals surface area contributed by atoms with Crippen LogP contribution in [0.1, 0.15) is 6.42 Å². The molecule has 0 fully saturated rings. The summed E-state index contributed by atoms with van der Waals surface area (Å²) in [7, 11) is -2.20. The van der Waals surface area contributed by atoms with Gasteiger partial charge in [0.2, 0.25) is 10.0 Å². The predicted octanol–water partition coefficient (Wildman–Crippen LogP) is 2.56. The van der Waals surface area contributed by atoms with Crippen LogP contribution in [-0.4, -0.2) is 39.5 Å². The molecule has 0 bridgehead atoms. The molecule has 0 aliphatic carbocycles.